The molecule has 1 aromatic rings. The number of rotatable bonds is 3. The van der Waals surface area contributed by atoms with E-state index in [4.69, 9.17) is 9.47 Å². The van der Waals surface area contributed by atoms with Crippen LogP contribution in [0.5, 0.6) is 5.75 Å². The molecule has 0 bridgehead atoms. The summed E-state index contributed by atoms with van der Waals surface area (Å²) in [5, 5.41) is 1.86. The highest BCUT2D eigenvalue weighted by Gasteiger charge is 2.16. The third-order valence-electron chi connectivity index (χ3n) is 2.62. The summed E-state index contributed by atoms with van der Waals surface area (Å²) in [6, 6.07) is 7.17. The summed E-state index contributed by atoms with van der Waals surface area (Å²) in [4.78, 5) is 12.0. The van der Waals surface area contributed by atoms with Gasteiger partial charge in [0.05, 0.1) is 25.9 Å². The Morgan fingerprint density at radius 1 is 1.35 bits per heavy atom. The van der Waals surface area contributed by atoms with E-state index >= 15 is 0 Å². The third kappa shape index (κ3) is 2.95. The lowest BCUT2D eigenvalue weighted by Gasteiger charge is -2.27. The van der Waals surface area contributed by atoms with Crippen LogP contribution in [0.3, 0.4) is 0 Å². The van der Waals surface area contributed by atoms with Crippen LogP contribution in [-0.2, 0) is 4.74 Å². The van der Waals surface area contributed by atoms with E-state index in [-0.39, 0.29) is 5.91 Å². The van der Waals surface area contributed by atoms with Crippen molar-refractivity contribution in [3.8, 4) is 5.75 Å². The predicted molar refractivity (Wildman–Crippen MR) is 62.9 cm³/mol. The molecule has 1 heterocycles. The van der Waals surface area contributed by atoms with Crippen LogP contribution in [0.1, 0.15) is 10.4 Å². The smallest absolute Gasteiger partial charge is 0.269 e. The Kier molecular flexibility index (Phi) is 3.95. The van der Waals surface area contributed by atoms with Crippen LogP contribution in [0.25, 0.3) is 0 Å². The van der Waals surface area contributed by atoms with Crippen LogP contribution in [0, 0.1) is 0 Å². The summed E-state index contributed by atoms with van der Waals surface area (Å²) in [5.74, 6) is 0.433. The maximum atomic E-state index is 12.0. The predicted octanol–water partition coefficient (Wildman–Crippen LogP) is 0.672. The summed E-state index contributed by atoms with van der Waals surface area (Å²) < 4.78 is 10.4. The number of hydrogen-bond donors (Lipinski definition) is 1. The van der Waals surface area contributed by atoms with Crippen molar-refractivity contribution in [2.24, 2.45) is 0 Å². The highest BCUT2D eigenvalue weighted by molar-refractivity contribution is 5.96. The molecule has 1 N–H and O–H groups in total. The van der Waals surface area contributed by atoms with Gasteiger partial charge in [-0.1, -0.05) is 12.1 Å². The molecule has 1 aliphatic rings. The second kappa shape index (κ2) is 5.65. The summed E-state index contributed by atoms with van der Waals surface area (Å²) >= 11 is 0. The van der Waals surface area contributed by atoms with Crippen molar-refractivity contribution >= 4 is 5.91 Å². The van der Waals surface area contributed by atoms with Gasteiger partial charge >= 0.3 is 0 Å². The summed E-state index contributed by atoms with van der Waals surface area (Å²) in [6.07, 6.45) is 0. The van der Waals surface area contributed by atoms with Gasteiger partial charge in [0, 0.05) is 13.1 Å². The Morgan fingerprint density at radius 2 is 2.06 bits per heavy atom. The van der Waals surface area contributed by atoms with Crippen LogP contribution in [0.15, 0.2) is 24.3 Å². The van der Waals surface area contributed by atoms with Crippen molar-refractivity contribution in [1.29, 1.82) is 0 Å². The molecule has 0 unspecified atom stereocenters. The molecule has 0 atom stereocenters. The highest BCUT2D eigenvalue weighted by Crippen LogP contribution is 2.16. The zero-order chi connectivity index (χ0) is 12.1. The number of nitrogens with zero attached hydrogens (tertiary/aromatic N) is 1. The van der Waals surface area contributed by atoms with E-state index < -0.39 is 0 Å². The molecule has 1 aromatic carbocycles. The molecular formula is C12H16N2O3. The number of hydrazine groups is 1. The first-order valence-electron chi connectivity index (χ1n) is 5.58. The van der Waals surface area contributed by atoms with Crippen LogP contribution in [0.2, 0.25) is 0 Å². The van der Waals surface area contributed by atoms with E-state index in [1.165, 1.54) is 0 Å². The lowest BCUT2D eigenvalue weighted by atomic mass is 10.2. The van der Waals surface area contributed by atoms with Gasteiger partial charge < -0.3 is 9.47 Å². The van der Waals surface area contributed by atoms with E-state index in [1.807, 2.05) is 17.1 Å². The van der Waals surface area contributed by atoms with Gasteiger partial charge in [0.25, 0.3) is 5.91 Å². The number of amides is 1. The summed E-state index contributed by atoms with van der Waals surface area (Å²) in [5.41, 5.74) is 3.39. The molecule has 1 fully saturated rings. The van der Waals surface area contributed by atoms with Crippen LogP contribution >= 0.6 is 0 Å². The van der Waals surface area contributed by atoms with E-state index in [2.05, 4.69) is 5.43 Å². The minimum absolute atomic E-state index is 0.149. The number of hydrogen-bond acceptors (Lipinski definition) is 4. The van der Waals surface area contributed by atoms with E-state index in [0.717, 1.165) is 0 Å². The minimum atomic E-state index is -0.149. The molecule has 0 aliphatic carbocycles. The minimum Gasteiger partial charge on any atom is -0.496 e. The Labute approximate surface area is 100 Å². The van der Waals surface area contributed by atoms with Crippen molar-refractivity contribution in [3.05, 3.63) is 29.8 Å². The van der Waals surface area contributed by atoms with Gasteiger partial charge in [0.15, 0.2) is 0 Å². The molecule has 17 heavy (non-hydrogen) atoms. The molecule has 5 nitrogen and oxygen atoms in total. The number of carbonyl (C=O) groups is 1. The van der Waals surface area contributed by atoms with Gasteiger partial charge in [-0.05, 0) is 12.1 Å². The second-order valence-electron chi connectivity index (χ2n) is 3.74. The molecular weight excluding hydrogens is 220 g/mol. The van der Waals surface area contributed by atoms with Gasteiger partial charge in [0.1, 0.15) is 5.75 Å². The fraction of sp³-hybridized carbons (Fsp3) is 0.417. The number of para-hydroxylation sites is 1. The Morgan fingerprint density at radius 3 is 2.76 bits per heavy atom. The van der Waals surface area contributed by atoms with E-state index in [0.29, 0.717) is 37.6 Å². The first-order chi connectivity index (χ1) is 8.31. The Hall–Kier alpha value is -1.59. The third-order valence-corrected chi connectivity index (χ3v) is 2.62. The number of benzene rings is 1. The van der Waals surface area contributed by atoms with Gasteiger partial charge in [-0.15, -0.1) is 0 Å². The zero-order valence-electron chi connectivity index (χ0n) is 9.81. The fourth-order valence-corrected chi connectivity index (χ4v) is 1.71. The largest absolute Gasteiger partial charge is 0.496 e. The van der Waals surface area contributed by atoms with Crippen molar-refractivity contribution in [2.75, 3.05) is 33.4 Å². The quantitative estimate of drug-likeness (QED) is 0.838. The molecule has 1 saturated heterocycles. The molecule has 0 spiro atoms. The van der Waals surface area contributed by atoms with Crippen molar-refractivity contribution < 1.29 is 14.3 Å². The number of ether oxygens (including phenoxy) is 2. The number of carbonyl (C=O) groups excluding carboxylic acids is 1. The first kappa shape index (κ1) is 11.9. The van der Waals surface area contributed by atoms with Crippen LogP contribution < -0.4 is 10.2 Å². The van der Waals surface area contributed by atoms with E-state index in [9.17, 15) is 4.79 Å². The zero-order valence-corrected chi connectivity index (χ0v) is 9.81. The topological polar surface area (TPSA) is 50.8 Å². The molecule has 5 heteroatoms. The van der Waals surface area contributed by atoms with Crippen molar-refractivity contribution in [1.82, 2.24) is 10.4 Å². The molecule has 2 rings (SSSR count). The fourth-order valence-electron chi connectivity index (χ4n) is 1.71. The number of methoxy groups -OCH3 is 1. The van der Waals surface area contributed by atoms with Crippen LogP contribution in [0.4, 0.5) is 0 Å². The normalized spacial score (nSPS) is 16.5. The second-order valence-corrected chi connectivity index (χ2v) is 3.74. The lowest BCUT2D eigenvalue weighted by molar-refractivity contribution is 0.0125. The SMILES string of the molecule is COc1ccccc1C(=O)NN1CCOCC1. The van der Waals surface area contributed by atoms with Crippen molar-refractivity contribution in [2.45, 2.75) is 0 Å². The van der Waals surface area contributed by atoms with E-state index in [1.54, 1.807) is 19.2 Å². The average Bonchev–Trinajstić information content (AvgIpc) is 2.40. The molecule has 0 aromatic heterocycles. The number of nitrogens with one attached hydrogen (secondary N) is 1. The van der Waals surface area contributed by atoms with Gasteiger partial charge in [0.2, 0.25) is 0 Å². The molecule has 0 radical (unpaired) electrons. The maximum Gasteiger partial charge on any atom is 0.269 e. The number of morpholine rings is 1. The monoisotopic (exact) mass is 236 g/mol. The molecule has 0 saturated carbocycles. The molecule has 92 valence electrons. The molecule has 1 aliphatic heterocycles. The maximum absolute atomic E-state index is 12.0. The average molecular weight is 236 g/mol. The highest BCUT2D eigenvalue weighted by atomic mass is 16.5. The van der Waals surface area contributed by atoms with Gasteiger partial charge in [-0.2, -0.15) is 0 Å². The first-order valence-corrected chi connectivity index (χ1v) is 5.58. The van der Waals surface area contributed by atoms with Crippen LogP contribution in [-0.4, -0.2) is 44.3 Å². The molecule has 1 amide bonds. The van der Waals surface area contributed by atoms with Gasteiger partial charge in [-0.25, -0.2) is 5.01 Å². The summed E-state index contributed by atoms with van der Waals surface area (Å²) in [7, 11) is 1.56. The Balaban J connectivity index is 2.03. The standard InChI is InChI=1S/C12H16N2O3/c1-16-11-5-3-2-4-10(11)12(15)13-14-6-8-17-9-7-14/h2-5H,6-9H2,1H3,(H,13,15). The summed E-state index contributed by atoms with van der Waals surface area (Å²) in [6.45, 7) is 2.71. The van der Waals surface area contributed by atoms with Crippen molar-refractivity contribution in [3.63, 3.8) is 0 Å². The van der Waals surface area contributed by atoms with Gasteiger partial charge in [-0.3, -0.25) is 10.2 Å². The Bertz CT molecular complexity index is 389. The lowest BCUT2D eigenvalue weighted by Crippen LogP contribution is -2.48.